The van der Waals surface area contributed by atoms with Gasteiger partial charge in [0.2, 0.25) is 5.82 Å². The minimum absolute atomic E-state index is 0.143. The van der Waals surface area contributed by atoms with Crippen LogP contribution in [0.5, 0.6) is 0 Å². The molecule has 1 heterocycles. The number of aromatic amines is 1. The predicted molar refractivity (Wildman–Crippen MR) is 85.2 cm³/mol. The molecule has 23 heavy (non-hydrogen) atoms. The van der Waals surface area contributed by atoms with Crippen molar-refractivity contribution in [3.8, 4) is 0 Å². The van der Waals surface area contributed by atoms with Crippen LogP contribution < -0.4 is 5.09 Å². The Morgan fingerprint density at radius 2 is 2.17 bits per heavy atom. The van der Waals surface area contributed by atoms with Crippen molar-refractivity contribution < 1.29 is 23.5 Å². The highest BCUT2D eigenvalue weighted by molar-refractivity contribution is 7.50. The zero-order valence-corrected chi connectivity index (χ0v) is 13.9. The molecule has 0 amide bonds. The quantitative estimate of drug-likeness (QED) is 0.497. The van der Waals surface area contributed by atoms with Gasteiger partial charge in [0.15, 0.2) is 0 Å². The number of imidazole rings is 1. The number of esters is 1. The van der Waals surface area contributed by atoms with Crippen LogP contribution in [0.1, 0.15) is 30.0 Å². The highest BCUT2D eigenvalue weighted by atomic mass is 31.2. The van der Waals surface area contributed by atoms with Crippen molar-refractivity contribution in [1.82, 2.24) is 15.1 Å². The first kappa shape index (κ1) is 17.6. The third kappa shape index (κ3) is 4.62. The van der Waals surface area contributed by atoms with E-state index in [4.69, 9.17) is 9.26 Å². The van der Waals surface area contributed by atoms with Crippen molar-refractivity contribution in [2.75, 3.05) is 19.8 Å². The fraction of sp³-hybridized carbons (Fsp3) is 0.429. The summed E-state index contributed by atoms with van der Waals surface area (Å²) in [5.74, 6) is -0.367. The van der Waals surface area contributed by atoms with Crippen molar-refractivity contribution in [3.05, 3.63) is 29.6 Å². The minimum Gasteiger partial charge on any atom is -0.460 e. The van der Waals surface area contributed by atoms with Gasteiger partial charge < -0.3 is 14.6 Å². The first-order chi connectivity index (χ1) is 11.0. The van der Waals surface area contributed by atoms with Gasteiger partial charge in [-0.15, -0.1) is 0 Å². The molecule has 2 rings (SSSR count). The number of hydrogen-bond donors (Lipinski definition) is 3. The molecule has 0 radical (unpaired) electrons. The molecule has 0 aliphatic rings. The van der Waals surface area contributed by atoms with Crippen molar-refractivity contribution >= 4 is 24.7 Å². The lowest BCUT2D eigenvalue weighted by Crippen LogP contribution is -2.15. The van der Waals surface area contributed by atoms with Crippen molar-refractivity contribution in [1.29, 1.82) is 0 Å². The maximum absolute atomic E-state index is 11.7. The Bertz CT molecular complexity index is 730. The van der Waals surface area contributed by atoms with Gasteiger partial charge in [0.25, 0.3) is 0 Å². The van der Waals surface area contributed by atoms with E-state index in [0.717, 1.165) is 5.56 Å². The molecule has 126 valence electrons. The smallest absolute Gasteiger partial charge is 0.402 e. The number of aromatic nitrogens is 2. The number of rotatable bonds is 8. The summed E-state index contributed by atoms with van der Waals surface area (Å²) in [4.78, 5) is 28.4. The standard InChI is InChI=1S/C14H20N3O5P/c1-3-21-14(18)13-16-11-7-5-6-10(12(11)17-13)8-9-15-23(19,20)22-4-2/h5-7H,3-4,8-9H2,1-2H3,(H,16,17)(H2,15,19,20). The first-order valence-corrected chi connectivity index (χ1v) is 8.91. The van der Waals surface area contributed by atoms with E-state index < -0.39 is 13.7 Å². The van der Waals surface area contributed by atoms with Gasteiger partial charge in [0.05, 0.1) is 24.2 Å². The number of nitrogens with one attached hydrogen (secondary N) is 2. The van der Waals surface area contributed by atoms with Gasteiger partial charge in [-0.3, -0.25) is 4.52 Å². The molecule has 0 spiro atoms. The third-order valence-electron chi connectivity index (χ3n) is 3.08. The normalized spacial score (nSPS) is 13.9. The van der Waals surface area contributed by atoms with Crippen LogP contribution in [-0.2, 0) is 20.2 Å². The molecular formula is C14H20N3O5P. The van der Waals surface area contributed by atoms with Crippen molar-refractivity contribution in [2.45, 2.75) is 20.3 Å². The van der Waals surface area contributed by atoms with E-state index in [2.05, 4.69) is 15.1 Å². The number of carbonyl (C=O) groups is 1. The topological polar surface area (TPSA) is 114 Å². The number of ether oxygens (including phenoxy) is 1. The number of hydrogen-bond acceptors (Lipinski definition) is 5. The number of benzene rings is 1. The Labute approximate surface area is 133 Å². The fourth-order valence-corrected chi connectivity index (χ4v) is 2.98. The summed E-state index contributed by atoms with van der Waals surface area (Å²) in [6.07, 6.45) is 0.460. The van der Waals surface area contributed by atoms with E-state index in [1.165, 1.54) is 0 Å². The largest absolute Gasteiger partial charge is 0.460 e. The van der Waals surface area contributed by atoms with Crippen LogP contribution in [0.4, 0.5) is 0 Å². The van der Waals surface area contributed by atoms with Gasteiger partial charge in [-0.1, -0.05) is 12.1 Å². The summed E-state index contributed by atoms with van der Waals surface area (Å²) in [6, 6.07) is 5.48. The molecule has 1 unspecified atom stereocenters. The van der Waals surface area contributed by atoms with Gasteiger partial charge in [0, 0.05) is 6.54 Å². The second-order valence-electron chi connectivity index (χ2n) is 4.72. The second-order valence-corrected chi connectivity index (χ2v) is 6.33. The monoisotopic (exact) mass is 341 g/mol. The molecule has 3 N–H and O–H groups in total. The summed E-state index contributed by atoms with van der Waals surface area (Å²) >= 11 is 0. The molecule has 1 aromatic heterocycles. The van der Waals surface area contributed by atoms with E-state index in [9.17, 15) is 14.3 Å². The van der Waals surface area contributed by atoms with Crippen LogP contribution in [0.3, 0.4) is 0 Å². The molecular weight excluding hydrogens is 321 g/mol. The van der Waals surface area contributed by atoms with Crippen LogP contribution in [0.25, 0.3) is 11.0 Å². The molecule has 9 heteroatoms. The average molecular weight is 341 g/mol. The average Bonchev–Trinajstić information content (AvgIpc) is 2.92. The van der Waals surface area contributed by atoms with E-state index in [-0.39, 0.29) is 25.6 Å². The predicted octanol–water partition coefficient (Wildman–Crippen LogP) is 2.01. The summed E-state index contributed by atoms with van der Waals surface area (Å²) in [7, 11) is -3.76. The molecule has 1 atom stereocenters. The Morgan fingerprint density at radius 3 is 2.87 bits per heavy atom. The van der Waals surface area contributed by atoms with Gasteiger partial charge in [-0.2, -0.15) is 0 Å². The fourth-order valence-electron chi connectivity index (χ4n) is 2.14. The van der Waals surface area contributed by atoms with Crippen LogP contribution in [0.2, 0.25) is 0 Å². The number of H-pyrrole nitrogens is 1. The van der Waals surface area contributed by atoms with Crippen LogP contribution >= 0.6 is 7.75 Å². The highest BCUT2D eigenvalue weighted by Gasteiger charge is 2.18. The van der Waals surface area contributed by atoms with Crippen LogP contribution in [0, 0.1) is 0 Å². The lowest BCUT2D eigenvalue weighted by molar-refractivity contribution is 0.0513. The third-order valence-corrected chi connectivity index (χ3v) is 4.31. The van der Waals surface area contributed by atoms with Crippen molar-refractivity contribution in [3.63, 3.8) is 0 Å². The summed E-state index contributed by atoms with van der Waals surface area (Å²) in [5.41, 5.74) is 2.20. The first-order valence-electron chi connectivity index (χ1n) is 7.34. The molecule has 0 bridgehead atoms. The second kappa shape index (κ2) is 7.70. The van der Waals surface area contributed by atoms with E-state index in [0.29, 0.717) is 17.5 Å². The lowest BCUT2D eigenvalue weighted by atomic mass is 10.1. The van der Waals surface area contributed by atoms with Gasteiger partial charge in [-0.05, 0) is 31.9 Å². The molecule has 0 aliphatic carbocycles. The number of para-hydroxylation sites is 1. The zero-order chi connectivity index (χ0) is 16.9. The molecule has 8 nitrogen and oxygen atoms in total. The van der Waals surface area contributed by atoms with Gasteiger partial charge in [0.1, 0.15) is 0 Å². The maximum atomic E-state index is 11.7. The lowest BCUT2D eigenvalue weighted by Gasteiger charge is -2.11. The SMILES string of the molecule is CCOC(=O)c1nc2c(CCNP(=O)(O)OCC)cccc2[nH]1. The summed E-state index contributed by atoms with van der Waals surface area (Å²) in [5, 5.41) is 2.48. The van der Waals surface area contributed by atoms with E-state index >= 15 is 0 Å². The Morgan fingerprint density at radius 1 is 1.39 bits per heavy atom. The van der Waals surface area contributed by atoms with E-state index in [1.807, 2.05) is 12.1 Å². The molecule has 0 saturated heterocycles. The van der Waals surface area contributed by atoms with Crippen LogP contribution in [-0.4, -0.2) is 40.6 Å². The Hall–Kier alpha value is -1.73. The van der Waals surface area contributed by atoms with Gasteiger partial charge >= 0.3 is 13.7 Å². The molecule has 2 aromatic rings. The molecule has 1 aromatic carbocycles. The molecule has 0 saturated carbocycles. The highest BCUT2D eigenvalue weighted by Crippen LogP contribution is 2.36. The van der Waals surface area contributed by atoms with Gasteiger partial charge in [-0.25, -0.2) is 19.4 Å². The Balaban J connectivity index is 2.12. The maximum Gasteiger partial charge on any atom is 0.402 e. The molecule has 0 fully saturated rings. The summed E-state index contributed by atoms with van der Waals surface area (Å²) in [6.45, 7) is 4.04. The minimum atomic E-state index is -3.76. The Kier molecular flexibility index (Phi) is 5.90. The van der Waals surface area contributed by atoms with E-state index in [1.54, 1.807) is 19.9 Å². The molecule has 0 aliphatic heterocycles. The number of fused-ring (bicyclic) bond motifs is 1. The van der Waals surface area contributed by atoms with Crippen molar-refractivity contribution in [2.24, 2.45) is 0 Å². The zero-order valence-electron chi connectivity index (χ0n) is 13.0. The van der Waals surface area contributed by atoms with Crippen LogP contribution in [0.15, 0.2) is 18.2 Å². The number of carbonyl (C=O) groups excluding carboxylic acids is 1. The number of nitrogens with zero attached hydrogens (tertiary/aromatic N) is 1. The summed E-state index contributed by atoms with van der Waals surface area (Å²) < 4.78 is 21.2.